The molecular weight excluding hydrogens is 542 g/mol. The summed E-state index contributed by atoms with van der Waals surface area (Å²) in [7, 11) is 3.74. The fourth-order valence-corrected chi connectivity index (χ4v) is 5.89. The van der Waals surface area contributed by atoms with E-state index in [0.717, 1.165) is 27.7 Å². The topological polar surface area (TPSA) is 87.7 Å². The Kier molecular flexibility index (Phi) is 12.6. The molecule has 0 fully saturated rings. The van der Waals surface area contributed by atoms with E-state index in [1.54, 1.807) is 18.4 Å². The van der Waals surface area contributed by atoms with E-state index in [1.807, 2.05) is 11.0 Å². The van der Waals surface area contributed by atoms with Crippen LogP contribution in [0.4, 0.5) is 5.69 Å². The number of aromatic nitrogens is 1. The smallest absolute Gasteiger partial charge is 0.263 e. The number of ether oxygens (including phenoxy) is 4. The molecule has 1 aromatic heterocycles. The highest BCUT2D eigenvalue weighted by Crippen LogP contribution is 2.38. The van der Waals surface area contributed by atoms with Gasteiger partial charge in [-0.3, -0.25) is 0 Å². The standard InChI is InChI=1S/C31H42N3O6S/c1-32-28-9-5-6-10-29(28)41-31(32)24-25-23-30(33(11-14-35)12-15-36)34(27-8-4-3-7-26(25)27)13-16-38-19-20-40-22-21-39-18-17-37-2/h3-10,23-24,35-36H,11-22H2,1-2H3/q+1. The molecule has 0 aliphatic carbocycles. The number of nitrogens with zero attached hydrogens (tertiary/aromatic N) is 3. The van der Waals surface area contributed by atoms with Crippen molar-refractivity contribution < 1.29 is 33.7 Å². The normalized spacial score (nSPS) is 14.1. The molecule has 2 heterocycles. The monoisotopic (exact) mass is 584 g/mol. The first kappa shape index (κ1) is 31.1. The van der Waals surface area contributed by atoms with Gasteiger partial charge < -0.3 is 39.0 Å². The molecule has 0 spiro atoms. The van der Waals surface area contributed by atoms with E-state index in [1.165, 1.54) is 10.2 Å². The van der Waals surface area contributed by atoms with Gasteiger partial charge in [0, 0.05) is 44.4 Å². The fraction of sp³-hybridized carbons (Fsp3) is 0.452. The minimum atomic E-state index is -0.0137. The van der Waals surface area contributed by atoms with Gasteiger partial charge in [0.15, 0.2) is 0 Å². The molecule has 0 amide bonds. The van der Waals surface area contributed by atoms with E-state index in [0.29, 0.717) is 65.9 Å². The summed E-state index contributed by atoms with van der Waals surface area (Å²) in [6.45, 7) is 5.07. The van der Waals surface area contributed by atoms with Gasteiger partial charge in [0.2, 0.25) is 5.52 Å². The third kappa shape index (κ3) is 8.36. The van der Waals surface area contributed by atoms with Crippen LogP contribution in [-0.4, -0.2) is 101 Å². The summed E-state index contributed by atoms with van der Waals surface area (Å²) in [6, 6.07) is 16.8. The lowest BCUT2D eigenvalue weighted by atomic mass is 9.98. The number of thiazole rings is 1. The Morgan fingerprint density at radius 3 is 2.17 bits per heavy atom. The average molecular weight is 585 g/mol. The van der Waals surface area contributed by atoms with Crippen LogP contribution in [0.5, 0.6) is 0 Å². The second kappa shape index (κ2) is 16.6. The van der Waals surface area contributed by atoms with Crippen LogP contribution in [0, 0.1) is 0 Å². The molecule has 0 saturated carbocycles. The third-order valence-electron chi connectivity index (χ3n) is 6.82. The summed E-state index contributed by atoms with van der Waals surface area (Å²) < 4.78 is 25.3. The second-order valence-electron chi connectivity index (χ2n) is 9.50. The highest BCUT2D eigenvalue weighted by atomic mass is 32.1. The van der Waals surface area contributed by atoms with Crippen LogP contribution in [0.25, 0.3) is 21.9 Å². The number of methoxy groups -OCH3 is 1. The molecule has 0 saturated heterocycles. The van der Waals surface area contributed by atoms with Crippen molar-refractivity contribution in [1.29, 1.82) is 0 Å². The van der Waals surface area contributed by atoms with Crippen molar-refractivity contribution in [2.24, 2.45) is 7.05 Å². The van der Waals surface area contributed by atoms with Crippen molar-refractivity contribution in [2.75, 3.05) is 91.1 Å². The molecule has 0 unspecified atom stereocenters. The largest absolute Gasteiger partial charge is 0.395 e. The summed E-state index contributed by atoms with van der Waals surface area (Å²) in [6.07, 6.45) is 4.38. The van der Waals surface area contributed by atoms with Crippen LogP contribution >= 0.6 is 11.3 Å². The van der Waals surface area contributed by atoms with Crippen molar-refractivity contribution in [3.8, 4) is 0 Å². The number of anilines is 1. The number of allylic oxidation sites excluding steroid dienone is 2. The maximum Gasteiger partial charge on any atom is 0.263 e. The number of aliphatic hydroxyl groups excluding tert-OH is 2. The molecule has 0 atom stereocenters. The molecule has 1 aliphatic heterocycles. The van der Waals surface area contributed by atoms with Crippen molar-refractivity contribution in [2.45, 2.75) is 0 Å². The number of fused-ring (bicyclic) bond motifs is 2. The molecule has 1 aliphatic rings. The number of aliphatic hydroxyl groups is 2. The van der Waals surface area contributed by atoms with E-state index < -0.39 is 0 Å². The predicted octanol–water partition coefficient (Wildman–Crippen LogP) is 2.91. The van der Waals surface area contributed by atoms with Crippen molar-refractivity contribution in [3.05, 3.63) is 71.0 Å². The van der Waals surface area contributed by atoms with Crippen LogP contribution in [0.3, 0.4) is 0 Å². The minimum Gasteiger partial charge on any atom is -0.395 e. The van der Waals surface area contributed by atoms with Gasteiger partial charge in [0.1, 0.15) is 17.6 Å². The molecule has 2 aromatic carbocycles. The lowest BCUT2D eigenvalue weighted by Gasteiger charge is -2.39. The molecule has 0 radical (unpaired) electrons. The Morgan fingerprint density at radius 2 is 1.49 bits per heavy atom. The van der Waals surface area contributed by atoms with Crippen molar-refractivity contribution in [1.82, 2.24) is 4.90 Å². The first-order valence-corrected chi connectivity index (χ1v) is 14.9. The Labute approximate surface area is 246 Å². The predicted molar refractivity (Wildman–Crippen MR) is 163 cm³/mol. The first-order chi connectivity index (χ1) is 20.2. The van der Waals surface area contributed by atoms with Gasteiger partial charge in [-0.05, 0) is 23.8 Å². The number of para-hydroxylation sites is 2. The van der Waals surface area contributed by atoms with Crippen LogP contribution in [0.1, 0.15) is 10.6 Å². The Hall–Kier alpha value is -2.83. The van der Waals surface area contributed by atoms with Gasteiger partial charge >= 0.3 is 0 Å². The van der Waals surface area contributed by atoms with E-state index in [2.05, 4.69) is 71.1 Å². The number of aryl methyl sites for hydroxylation is 1. The summed E-state index contributed by atoms with van der Waals surface area (Å²) in [5.74, 6) is 0.926. The average Bonchev–Trinajstić information content (AvgIpc) is 3.31. The maximum absolute atomic E-state index is 9.83. The zero-order valence-electron chi connectivity index (χ0n) is 24.0. The van der Waals surface area contributed by atoms with Crippen LogP contribution in [0.2, 0.25) is 0 Å². The van der Waals surface area contributed by atoms with Gasteiger partial charge in [-0.2, -0.15) is 4.57 Å². The zero-order chi connectivity index (χ0) is 28.9. The molecular formula is C31H42N3O6S+. The van der Waals surface area contributed by atoms with E-state index >= 15 is 0 Å². The second-order valence-corrected chi connectivity index (χ2v) is 10.6. The Morgan fingerprint density at radius 1 is 0.854 bits per heavy atom. The van der Waals surface area contributed by atoms with Crippen LogP contribution < -0.4 is 9.47 Å². The van der Waals surface area contributed by atoms with Gasteiger partial charge in [0.25, 0.3) is 5.01 Å². The molecule has 2 N–H and O–H groups in total. The number of benzene rings is 2. The van der Waals surface area contributed by atoms with Crippen molar-refractivity contribution in [3.63, 3.8) is 0 Å². The third-order valence-corrected chi connectivity index (χ3v) is 7.98. The molecule has 3 aromatic rings. The Bertz CT molecular complexity index is 1290. The lowest BCUT2D eigenvalue weighted by molar-refractivity contribution is -0.642. The van der Waals surface area contributed by atoms with Gasteiger partial charge in [-0.25, -0.2) is 0 Å². The summed E-state index contributed by atoms with van der Waals surface area (Å²) in [4.78, 5) is 4.24. The van der Waals surface area contributed by atoms with Crippen LogP contribution in [0.15, 0.2) is 60.4 Å². The van der Waals surface area contributed by atoms with E-state index in [4.69, 9.17) is 18.9 Å². The maximum atomic E-state index is 9.83. The van der Waals surface area contributed by atoms with E-state index in [-0.39, 0.29) is 13.2 Å². The molecule has 9 nitrogen and oxygen atoms in total. The molecule has 10 heteroatoms. The number of hydrogen-bond donors (Lipinski definition) is 2. The van der Waals surface area contributed by atoms with Gasteiger partial charge in [-0.1, -0.05) is 41.7 Å². The summed E-state index contributed by atoms with van der Waals surface area (Å²) >= 11 is 1.76. The minimum absolute atomic E-state index is 0.0137. The SMILES string of the molecule is COCCOCCOCCOCCN1C(N(CCO)CCO)=C/C(=C/c2sc3ccccc3[n+]2C)c2ccccc21. The Balaban J connectivity index is 1.51. The molecule has 0 bridgehead atoms. The van der Waals surface area contributed by atoms with E-state index in [9.17, 15) is 10.2 Å². The van der Waals surface area contributed by atoms with Crippen molar-refractivity contribution >= 4 is 38.9 Å². The number of rotatable bonds is 18. The quantitative estimate of drug-likeness (QED) is 0.174. The van der Waals surface area contributed by atoms with Gasteiger partial charge in [-0.15, -0.1) is 0 Å². The summed E-state index contributed by atoms with van der Waals surface area (Å²) in [5.41, 5.74) is 4.46. The highest BCUT2D eigenvalue weighted by molar-refractivity contribution is 7.18. The highest BCUT2D eigenvalue weighted by Gasteiger charge is 2.27. The van der Waals surface area contributed by atoms with Gasteiger partial charge in [0.05, 0.1) is 65.1 Å². The van der Waals surface area contributed by atoms with Crippen LogP contribution in [-0.2, 0) is 26.0 Å². The molecule has 41 heavy (non-hydrogen) atoms. The number of hydrogen-bond acceptors (Lipinski definition) is 9. The molecule has 222 valence electrons. The first-order valence-electron chi connectivity index (χ1n) is 14.0. The zero-order valence-corrected chi connectivity index (χ0v) is 24.9. The fourth-order valence-electron chi connectivity index (χ4n) is 4.79. The summed E-state index contributed by atoms with van der Waals surface area (Å²) in [5, 5.41) is 20.8. The lowest BCUT2D eigenvalue weighted by Crippen LogP contribution is -2.42. The molecule has 4 rings (SSSR count).